The van der Waals surface area contributed by atoms with Crippen LogP contribution in [0.5, 0.6) is 0 Å². The van der Waals surface area contributed by atoms with Crippen molar-refractivity contribution in [2.75, 3.05) is 13.2 Å². The highest BCUT2D eigenvalue weighted by Crippen LogP contribution is 2.53. The van der Waals surface area contributed by atoms with E-state index in [-0.39, 0.29) is 0 Å². The molecular formula is C14H25NO2. The molecule has 1 aliphatic heterocycles. The van der Waals surface area contributed by atoms with E-state index in [1.54, 1.807) is 0 Å². The molecule has 0 aromatic heterocycles. The van der Waals surface area contributed by atoms with E-state index in [9.17, 15) is 0 Å². The molecule has 0 aromatic carbocycles. The summed E-state index contributed by atoms with van der Waals surface area (Å²) in [4.78, 5) is 0. The van der Waals surface area contributed by atoms with Crippen molar-refractivity contribution in [2.24, 2.45) is 11.1 Å². The van der Waals surface area contributed by atoms with Gasteiger partial charge >= 0.3 is 0 Å². The van der Waals surface area contributed by atoms with Crippen molar-refractivity contribution in [1.82, 2.24) is 0 Å². The van der Waals surface area contributed by atoms with Crippen molar-refractivity contribution >= 4 is 0 Å². The second-order valence-corrected chi connectivity index (χ2v) is 6.09. The third kappa shape index (κ3) is 2.13. The monoisotopic (exact) mass is 239 g/mol. The van der Waals surface area contributed by atoms with Crippen molar-refractivity contribution < 1.29 is 9.47 Å². The van der Waals surface area contributed by atoms with Gasteiger partial charge in [0.25, 0.3) is 0 Å². The van der Waals surface area contributed by atoms with E-state index in [1.165, 1.54) is 44.9 Å². The molecule has 17 heavy (non-hydrogen) atoms. The van der Waals surface area contributed by atoms with Crippen LogP contribution in [0, 0.1) is 5.41 Å². The fourth-order valence-electron chi connectivity index (χ4n) is 3.90. The highest BCUT2D eigenvalue weighted by atomic mass is 16.5. The number of hydrogen-bond donors (Lipinski definition) is 1. The van der Waals surface area contributed by atoms with E-state index in [2.05, 4.69) is 0 Å². The van der Waals surface area contributed by atoms with Gasteiger partial charge in [-0.15, -0.1) is 0 Å². The maximum atomic E-state index is 6.21. The maximum absolute atomic E-state index is 6.21. The lowest BCUT2D eigenvalue weighted by Gasteiger charge is -2.52. The Hall–Kier alpha value is -0.120. The molecule has 0 bridgehead atoms. The zero-order valence-corrected chi connectivity index (χ0v) is 10.7. The fraction of sp³-hybridized carbons (Fsp3) is 1.00. The molecule has 3 nitrogen and oxygen atoms in total. The minimum absolute atomic E-state index is 0.342. The molecule has 1 spiro atoms. The zero-order chi connectivity index (χ0) is 11.7. The Morgan fingerprint density at radius 2 is 2.00 bits per heavy atom. The van der Waals surface area contributed by atoms with Crippen LogP contribution in [0.1, 0.15) is 51.4 Å². The molecule has 3 unspecified atom stereocenters. The second kappa shape index (κ2) is 4.87. The van der Waals surface area contributed by atoms with Gasteiger partial charge in [-0.05, 0) is 38.5 Å². The molecule has 2 aliphatic carbocycles. The molecule has 3 aliphatic rings. The predicted octanol–water partition coefficient (Wildman–Crippen LogP) is 2.23. The molecular weight excluding hydrogens is 214 g/mol. The van der Waals surface area contributed by atoms with Crippen molar-refractivity contribution in [1.29, 1.82) is 0 Å². The number of ether oxygens (including phenoxy) is 2. The maximum Gasteiger partial charge on any atom is 0.0808 e. The second-order valence-electron chi connectivity index (χ2n) is 6.09. The largest absolute Gasteiger partial charge is 0.376 e. The van der Waals surface area contributed by atoms with Crippen LogP contribution in [-0.4, -0.2) is 31.5 Å². The van der Waals surface area contributed by atoms with Crippen LogP contribution in [0.25, 0.3) is 0 Å². The first kappa shape index (κ1) is 11.9. The minimum atomic E-state index is 0.342. The van der Waals surface area contributed by atoms with E-state index in [4.69, 9.17) is 15.2 Å². The molecule has 0 amide bonds. The summed E-state index contributed by atoms with van der Waals surface area (Å²) in [6, 6.07) is 0.391. The van der Waals surface area contributed by atoms with E-state index >= 15 is 0 Å². The third-order valence-corrected chi connectivity index (χ3v) is 5.14. The zero-order valence-electron chi connectivity index (χ0n) is 10.7. The lowest BCUT2D eigenvalue weighted by Crippen LogP contribution is -2.61. The molecule has 2 N–H and O–H groups in total. The standard InChI is InChI=1S/C14H25NO2/c15-12-9-13(14(12)6-2-3-7-14)17-10-11-5-1-4-8-16-11/h11-13H,1-10,15H2. The van der Waals surface area contributed by atoms with Gasteiger partial charge in [-0.2, -0.15) is 0 Å². The SMILES string of the molecule is NC1CC(OCC2CCCCO2)C12CCCC2. The molecule has 98 valence electrons. The van der Waals surface area contributed by atoms with Crippen LogP contribution in [0.2, 0.25) is 0 Å². The molecule has 1 heterocycles. The number of rotatable bonds is 3. The molecule has 1 saturated heterocycles. The summed E-state index contributed by atoms with van der Waals surface area (Å²) in [7, 11) is 0. The van der Waals surface area contributed by atoms with E-state index < -0.39 is 0 Å². The summed E-state index contributed by atoms with van der Waals surface area (Å²) < 4.78 is 11.8. The lowest BCUT2D eigenvalue weighted by atomic mass is 9.61. The fourth-order valence-corrected chi connectivity index (χ4v) is 3.90. The molecule has 3 rings (SSSR count). The number of hydrogen-bond acceptors (Lipinski definition) is 3. The summed E-state index contributed by atoms with van der Waals surface area (Å²) in [5.74, 6) is 0. The third-order valence-electron chi connectivity index (χ3n) is 5.14. The summed E-state index contributed by atoms with van der Waals surface area (Å²) in [6.07, 6.45) is 10.8. The van der Waals surface area contributed by atoms with Crippen LogP contribution in [0.4, 0.5) is 0 Å². The average Bonchev–Trinajstić information content (AvgIpc) is 2.88. The van der Waals surface area contributed by atoms with Crippen molar-refractivity contribution in [3.8, 4) is 0 Å². The molecule has 3 heteroatoms. The Bertz CT molecular complexity index is 257. The first-order valence-corrected chi connectivity index (χ1v) is 7.30. The smallest absolute Gasteiger partial charge is 0.0808 e. The van der Waals surface area contributed by atoms with Crippen molar-refractivity contribution in [2.45, 2.75) is 69.6 Å². The topological polar surface area (TPSA) is 44.5 Å². The molecule has 0 radical (unpaired) electrons. The minimum Gasteiger partial charge on any atom is -0.376 e. The van der Waals surface area contributed by atoms with Gasteiger partial charge in [0.1, 0.15) is 0 Å². The van der Waals surface area contributed by atoms with Gasteiger partial charge in [0.15, 0.2) is 0 Å². The Morgan fingerprint density at radius 1 is 1.18 bits per heavy atom. The Morgan fingerprint density at radius 3 is 2.65 bits per heavy atom. The average molecular weight is 239 g/mol. The van der Waals surface area contributed by atoms with Crippen LogP contribution in [0.3, 0.4) is 0 Å². The molecule has 3 atom stereocenters. The van der Waals surface area contributed by atoms with Crippen molar-refractivity contribution in [3.05, 3.63) is 0 Å². The van der Waals surface area contributed by atoms with Gasteiger partial charge < -0.3 is 15.2 Å². The van der Waals surface area contributed by atoms with Gasteiger partial charge in [-0.3, -0.25) is 0 Å². The van der Waals surface area contributed by atoms with E-state index in [1.807, 2.05) is 0 Å². The van der Waals surface area contributed by atoms with Crippen LogP contribution in [0.15, 0.2) is 0 Å². The van der Waals surface area contributed by atoms with Crippen LogP contribution in [-0.2, 0) is 9.47 Å². The summed E-state index contributed by atoms with van der Waals surface area (Å²) in [6.45, 7) is 1.71. The molecule has 3 fully saturated rings. The first-order chi connectivity index (χ1) is 8.31. The quantitative estimate of drug-likeness (QED) is 0.821. The van der Waals surface area contributed by atoms with E-state index in [0.717, 1.165) is 19.6 Å². The lowest BCUT2D eigenvalue weighted by molar-refractivity contribution is -0.151. The van der Waals surface area contributed by atoms with Gasteiger partial charge in [0.2, 0.25) is 0 Å². The van der Waals surface area contributed by atoms with Gasteiger partial charge in [0, 0.05) is 18.1 Å². The van der Waals surface area contributed by atoms with Crippen LogP contribution < -0.4 is 5.73 Å². The Kier molecular flexibility index (Phi) is 3.42. The molecule has 0 aromatic rings. The highest BCUT2D eigenvalue weighted by Gasteiger charge is 2.55. The summed E-state index contributed by atoms with van der Waals surface area (Å²) in [5.41, 5.74) is 6.55. The van der Waals surface area contributed by atoms with Gasteiger partial charge in [-0.25, -0.2) is 0 Å². The van der Waals surface area contributed by atoms with Crippen molar-refractivity contribution in [3.63, 3.8) is 0 Å². The van der Waals surface area contributed by atoms with E-state index in [0.29, 0.717) is 23.7 Å². The summed E-state index contributed by atoms with van der Waals surface area (Å²) >= 11 is 0. The predicted molar refractivity (Wildman–Crippen MR) is 66.8 cm³/mol. The Labute approximate surface area is 104 Å². The van der Waals surface area contributed by atoms with Crippen LogP contribution >= 0.6 is 0 Å². The Balaban J connectivity index is 1.49. The summed E-state index contributed by atoms with van der Waals surface area (Å²) in [5, 5.41) is 0. The molecule has 2 saturated carbocycles. The normalized spacial score (nSPS) is 40.4. The number of nitrogens with two attached hydrogens (primary N) is 1. The first-order valence-electron chi connectivity index (χ1n) is 7.30. The highest BCUT2D eigenvalue weighted by molar-refractivity contribution is 5.08. The van der Waals surface area contributed by atoms with Gasteiger partial charge in [0.05, 0.1) is 18.8 Å². The van der Waals surface area contributed by atoms with Gasteiger partial charge in [-0.1, -0.05) is 12.8 Å².